The van der Waals surface area contributed by atoms with Gasteiger partial charge in [-0.15, -0.1) is 11.3 Å². The van der Waals surface area contributed by atoms with Gasteiger partial charge >= 0.3 is 0 Å². The molecule has 0 bridgehead atoms. The van der Waals surface area contributed by atoms with Gasteiger partial charge in [0.1, 0.15) is 0 Å². The third kappa shape index (κ3) is 3.39. The van der Waals surface area contributed by atoms with Crippen LogP contribution in [0.1, 0.15) is 35.3 Å². The van der Waals surface area contributed by atoms with Crippen LogP contribution < -0.4 is 4.72 Å². The van der Waals surface area contributed by atoms with E-state index in [0.29, 0.717) is 6.54 Å². The summed E-state index contributed by atoms with van der Waals surface area (Å²) in [6.07, 6.45) is 3.35. The largest absolute Gasteiger partial charge is 0.290 e. The molecular formula is C15H21N5O2S2. The Morgan fingerprint density at radius 3 is 2.96 bits per heavy atom. The minimum absolute atomic E-state index is 0.0111. The summed E-state index contributed by atoms with van der Waals surface area (Å²) in [7, 11) is -3.17. The van der Waals surface area contributed by atoms with Gasteiger partial charge in [-0.05, 0) is 25.8 Å². The van der Waals surface area contributed by atoms with Gasteiger partial charge in [-0.2, -0.15) is 5.10 Å². The van der Waals surface area contributed by atoms with Gasteiger partial charge in [-0.25, -0.2) is 18.1 Å². The third-order valence-electron chi connectivity index (χ3n) is 4.49. The van der Waals surface area contributed by atoms with Crippen molar-refractivity contribution in [3.8, 4) is 0 Å². The molecule has 0 spiro atoms. The van der Waals surface area contributed by atoms with Crippen LogP contribution in [0.5, 0.6) is 0 Å². The molecule has 1 atom stereocenters. The molecule has 2 aromatic rings. The molecule has 2 aliphatic rings. The van der Waals surface area contributed by atoms with Crippen molar-refractivity contribution in [1.29, 1.82) is 0 Å². The first-order valence-corrected chi connectivity index (χ1v) is 10.6. The molecule has 0 unspecified atom stereocenters. The number of nitrogens with one attached hydrogen (secondary N) is 1. The van der Waals surface area contributed by atoms with Gasteiger partial charge in [0, 0.05) is 37.8 Å². The smallest absolute Gasteiger partial charge is 0.214 e. The summed E-state index contributed by atoms with van der Waals surface area (Å²) in [6, 6.07) is 2.01. The predicted octanol–water partition coefficient (Wildman–Crippen LogP) is 1.29. The number of rotatable bonds is 6. The van der Waals surface area contributed by atoms with Crippen LogP contribution in [0.3, 0.4) is 0 Å². The van der Waals surface area contributed by atoms with Crippen molar-refractivity contribution >= 4 is 21.4 Å². The number of aryl methyl sites for hydroxylation is 1. The van der Waals surface area contributed by atoms with Gasteiger partial charge in [0.25, 0.3) is 0 Å². The Balaban J connectivity index is 1.46. The average molecular weight is 368 g/mol. The Kier molecular flexibility index (Phi) is 4.19. The van der Waals surface area contributed by atoms with E-state index in [1.54, 1.807) is 17.5 Å². The van der Waals surface area contributed by atoms with Gasteiger partial charge in [0.05, 0.1) is 27.7 Å². The highest BCUT2D eigenvalue weighted by Gasteiger charge is 2.36. The van der Waals surface area contributed by atoms with E-state index in [9.17, 15) is 8.42 Å². The van der Waals surface area contributed by atoms with E-state index in [0.717, 1.165) is 48.9 Å². The molecule has 1 aliphatic heterocycles. The third-order valence-corrected chi connectivity index (χ3v) is 7.23. The van der Waals surface area contributed by atoms with Crippen molar-refractivity contribution in [2.24, 2.45) is 0 Å². The second-order valence-corrected chi connectivity index (χ2v) is 9.65. The molecule has 3 heterocycles. The maximum atomic E-state index is 12.1. The monoisotopic (exact) mass is 367 g/mol. The van der Waals surface area contributed by atoms with Crippen molar-refractivity contribution < 1.29 is 8.42 Å². The van der Waals surface area contributed by atoms with Crippen LogP contribution in [-0.4, -0.2) is 46.4 Å². The highest BCUT2D eigenvalue weighted by molar-refractivity contribution is 7.90. The van der Waals surface area contributed by atoms with Crippen molar-refractivity contribution in [1.82, 2.24) is 24.4 Å². The van der Waals surface area contributed by atoms with Crippen molar-refractivity contribution in [3.05, 3.63) is 34.0 Å². The van der Waals surface area contributed by atoms with Crippen LogP contribution >= 0.6 is 11.3 Å². The summed E-state index contributed by atoms with van der Waals surface area (Å²) in [5.41, 5.74) is 2.19. The minimum atomic E-state index is -3.17. The molecule has 24 heavy (non-hydrogen) atoms. The molecule has 1 saturated carbocycles. The van der Waals surface area contributed by atoms with Crippen LogP contribution in [0, 0.1) is 6.92 Å². The normalized spacial score (nSPS) is 21.8. The molecule has 0 radical (unpaired) electrons. The highest BCUT2D eigenvalue weighted by Crippen LogP contribution is 2.28. The number of fused-ring (bicyclic) bond motifs is 1. The lowest BCUT2D eigenvalue weighted by Gasteiger charge is -2.33. The highest BCUT2D eigenvalue weighted by atomic mass is 32.2. The fraction of sp³-hybridized carbons (Fsp3) is 0.600. The van der Waals surface area contributed by atoms with E-state index < -0.39 is 10.0 Å². The first kappa shape index (κ1) is 16.2. The number of hydrogen-bond donors (Lipinski definition) is 1. The molecule has 0 aromatic carbocycles. The fourth-order valence-corrected chi connectivity index (χ4v) is 5.18. The molecule has 0 saturated heterocycles. The molecule has 1 fully saturated rings. The van der Waals surface area contributed by atoms with Crippen molar-refractivity contribution in [2.45, 2.75) is 44.1 Å². The van der Waals surface area contributed by atoms with E-state index in [4.69, 9.17) is 0 Å². The molecule has 2 aromatic heterocycles. The molecule has 9 heteroatoms. The topological polar surface area (TPSA) is 80.1 Å². The number of nitrogens with zero attached hydrogens (tertiary/aromatic N) is 4. The van der Waals surface area contributed by atoms with Crippen LogP contribution in [-0.2, 0) is 23.1 Å². The second-order valence-electron chi connectivity index (χ2n) is 6.54. The van der Waals surface area contributed by atoms with Crippen molar-refractivity contribution in [2.75, 3.05) is 13.1 Å². The van der Waals surface area contributed by atoms with E-state index in [2.05, 4.69) is 25.1 Å². The Morgan fingerprint density at radius 2 is 2.25 bits per heavy atom. The first-order chi connectivity index (χ1) is 11.5. The lowest BCUT2D eigenvalue weighted by atomic mass is 10.2. The summed E-state index contributed by atoms with van der Waals surface area (Å²) < 4.78 is 28.9. The Bertz CT molecular complexity index is 825. The second kappa shape index (κ2) is 6.21. The lowest BCUT2D eigenvalue weighted by molar-refractivity contribution is 0.166. The zero-order valence-electron chi connectivity index (χ0n) is 13.6. The number of thiazole rings is 1. The van der Waals surface area contributed by atoms with Crippen molar-refractivity contribution in [3.63, 3.8) is 0 Å². The fourth-order valence-electron chi connectivity index (χ4n) is 3.15. The number of hydrogen-bond acceptors (Lipinski definition) is 6. The zero-order chi connectivity index (χ0) is 16.7. The van der Waals surface area contributed by atoms with Crippen LogP contribution in [0.2, 0.25) is 0 Å². The predicted molar refractivity (Wildman–Crippen MR) is 92.2 cm³/mol. The van der Waals surface area contributed by atoms with Gasteiger partial charge in [-0.1, -0.05) is 0 Å². The van der Waals surface area contributed by atoms with Gasteiger partial charge in [0.15, 0.2) is 0 Å². The van der Waals surface area contributed by atoms with E-state index in [1.807, 2.05) is 17.7 Å². The average Bonchev–Trinajstić information content (AvgIpc) is 3.18. The Labute approximate surface area is 145 Å². The molecule has 1 N–H and O–H groups in total. The van der Waals surface area contributed by atoms with Crippen LogP contribution in [0.15, 0.2) is 17.6 Å². The zero-order valence-corrected chi connectivity index (χ0v) is 15.2. The summed E-state index contributed by atoms with van der Waals surface area (Å²) in [6.45, 7) is 4.75. The van der Waals surface area contributed by atoms with E-state index >= 15 is 0 Å². The summed E-state index contributed by atoms with van der Waals surface area (Å²) in [5, 5.41) is 7.36. The van der Waals surface area contributed by atoms with Gasteiger partial charge in [-0.3, -0.25) is 9.58 Å². The van der Waals surface area contributed by atoms with E-state index in [-0.39, 0.29) is 11.3 Å². The molecule has 1 aliphatic carbocycles. The Hall–Kier alpha value is -1.29. The number of sulfonamides is 1. The maximum Gasteiger partial charge on any atom is 0.214 e. The SMILES string of the molecule is Cc1nc(CN2Cc3ccnn3[C@@H](CNS(=O)(=O)C3CC3)C2)cs1. The Morgan fingerprint density at radius 1 is 1.42 bits per heavy atom. The summed E-state index contributed by atoms with van der Waals surface area (Å²) in [4.78, 5) is 6.84. The van der Waals surface area contributed by atoms with Crippen LogP contribution in [0.4, 0.5) is 0 Å². The summed E-state index contributed by atoms with van der Waals surface area (Å²) in [5.74, 6) is 0. The van der Waals surface area contributed by atoms with Gasteiger partial charge in [0.2, 0.25) is 10.0 Å². The molecule has 130 valence electrons. The molecule has 0 amide bonds. The van der Waals surface area contributed by atoms with Gasteiger partial charge < -0.3 is 0 Å². The van der Waals surface area contributed by atoms with E-state index in [1.165, 1.54) is 0 Å². The number of aromatic nitrogens is 3. The maximum absolute atomic E-state index is 12.1. The first-order valence-electron chi connectivity index (χ1n) is 8.15. The molecule has 4 rings (SSSR count). The summed E-state index contributed by atoms with van der Waals surface area (Å²) >= 11 is 1.66. The lowest BCUT2D eigenvalue weighted by Crippen LogP contribution is -2.43. The quantitative estimate of drug-likeness (QED) is 0.832. The standard InChI is InChI=1S/C15H21N5O2S2/c1-11-18-12(10-23-11)7-19-8-13-4-5-16-20(13)14(9-19)6-17-24(21,22)15-2-3-15/h4-5,10,14-15,17H,2-3,6-9H2,1H3/t14-/m0/s1. The minimum Gasteiger partial charge on any atom is -0.290 e. The molecular weight excluding hydrogens is 346 g/mol. The van der Waals surface area contributed by atoms with Crippen LogP contribution in [0.25, 0.3) is 0 Å². The molecule has 7 nitrogen and oxygen atoms in total.